The Bertz CT molecular complexity index is 546. The van der Waals surface area contributed by atoms with Crippen LogP contribution >= 0.6 is 0 Å². The Hall–Kier alpha value is -2.57. The summed E-state index contributed by atoms with van der Waals surface area (Å²) >= 11 is 0. The molecule has 0 aromatic heterocycles. The van der Waals surface area contributed by atoms with Crippen LogP contribution in [0.5, 0.6) is 0 Å². The van der Waals surface area contributed by atoms with Crippen molar-refractivity contribution in [2.24, 2.45) is 11.7 Å². The zero-order valence-corrected chi connectivity index (χ0v) is 13.5. The fraction of sp³-hybridized carbons (Fsp3) is 0.438. The van der Waals surface area contributed by atoms with Gasteiger partial charge in [0.25, 0.3) is 0 Å². The summed E-state index contributed by atoms with van der Waals surface area (Å²) in [6.45, 7) is 5.13. The van der Waals surface area contributed by atoms with Crippen molar-refractivity contribution in [3.05, 3.63) is 35.9 Å². The van der Waals surface area contributed by atoms with Gasteiger partial charge in [0.15, 0.2) is 0 Å². The first kappa shape index (κ1) is 18.5. The van der Waals surface area contributed by atoms with Gasteiger partial charge < -0.3 is 21.1 Å². The van der Waals surface area contributed by atoms with Gasteiger partial charge in [-0.25, -0.2) is 4.79 Å². The quantitative estimate of drug-likeness (QED) is 0.693. The number of ether oxygens (including phenoxy) is 1. The van der Waals surface area contributed by atoms with Crippen molar-refractivity contribution in [2.75, 3.05) is 0 Å². The van der Waals surface area contributed by atoms with Crippen LogP contribution in [0.3, 0.4) is 0 Å². The monoisotopic (exact) mass is 321 g/mol. The lowest BCUT2D eigenvalue weighted by atomic mass is 10.0. The maximum atomic E-state index is 12.1. The molecule has 0 aliphatic heterocycles. The first-order valence-electron chi connectivity index (χ1n) is 7.38. The number of amides is 3. The standard InChI is InChI=1S/C16H23N3O4/c1-10(2)13(15(21)18-11(3)14(17)20)19-16(22)23-9-12-7-5-4-6-8-12/h4-8,10-11,13H,9H2,1-3H3,(H2,17,20)(H,18,21)(H,19,22)/t11-,13-/m0/s1. The van der Waals surface area contributed by atoms with E-state index in [1.54, 1.807) is 13.8 Å². The molecule has 3 amide bonds. The topological polar surface area (TPSA) is 111 Å². The van der Waals surface area contributed by atoms with E-state index in [-0.39, 0.29) is 12.5 Å². The lowest BCUT2D eigenvalue weighted by Gasteiger charge is -2.22. The molecule has 1 aromatic carbocycles. The van der Waals surface area contributed by atoms with Crippen LogP contribution in [0.15, 0.2) is 30.3 Å². The van der Waals surface area contributed by atoms with E-state index < -0.39 is 30.0 Å². The Morgan fingerprint density at radius 2 is 1.70 bits per heavy atom. The second-order valence-corrected chi connectivity index (χ2v) is 5.56. The van der Waals surface area contributed by atoms with Gasteiger partial charge in [0.2, 0.25) is 11.8 Å². The van der Waals surface area contributed by atoms with Gasteiger partial charge in [-0.1, -0.05) is 44.2 Å². The molecule has 2 atom stereocenters. The number of benzene rings is 1. The van der Waals surface area contributed by atoms with Crippen molar-refractivity contribution in [1.82, 2.24) is 10.6 Å². The summed E-state index contributed by atoms with van der Waals surface area (Å²) in [5.74, 6) is -1.31. The predicted octanol–water partition coefficient (Wildman–Crippen LogP) is 0.927. The Balaban J connectivity index is 2.56. The number of primary amides is 1. The van der Waals surface area contributed by atoms with E-state index in [1.165, 1.54) is 6.92 Å². The number of carbonyl (C=O) groups excluding carboxylic acids is 3. The molecular weight excluding hydrogens is 298 g/mol. The van der Waals surface area contributed by atoms with E-state index in [0.29, 0.717) is 0 Å². The van der Waals surface area contributed by atoms with Crippen LogP contribution in [-0.2, 0) is 20.9 Å². The minimum atomic E-state index is -0.819. The molecule has 1 aromatic rings. The third-order valence-corrected chi connectivity index (χ3v) is 3.22. The summed E-state index contributed by atoms with van der Waals surface area (Å²) in [6.07, 6.45) is -0.700. The van der Waals surface area contributed by atoms with E-state index in [1.807, 2.05) is 30.3 Å². The third kappa shape index (κ3) is 6.37. The van der Waals surface area contributed by atoms with Gasteiger partial charge in [-0.2, -0.15) is 0 Å². The predicted molar refractivity (Wildman–Crippen MR) is 85.2 cm³/mol. The fourth-order valence-corrected chi connectivity index (χ4v) is 1.80. The van der Waals surface area contributed by atoms with E-state index >= 15 is 0 Å². The summed E-state index contributed by atoms with van der Waals surface area (Å²) in [5, 5.41) is 4.96. The Kier molecular flexibility index (Phi) is 7.05. The summed E-state index contributed by atoms with van der Waals surface area (Å²) < 4.78 is 5.09. The summed E-state index contributed by atoms with van der Waals surface area (Å²) in [4.78, 5) is 35.0. The number of hydrogen-bond donors (Lipinski definition) is 3. The Morgan fingerprint density at radius 1 is 1.09 bits per heavy atom. The SMILES string of the molecule is CC(C)[C@H](NC(=O)OCc1ccccc1)C(=O)N[C@@H](C)C(N)=O. The maximum absolute atomic E-state index is 12.1. The highest BCUT2D eigenvalue weighted by atomic mass is 16.5. The van der Waals surface area contributed by atoms with Crippen LogP contribution in [0.25, 0.3) is 0 Å². The molecule has 7 nitrogen and oxygen atoms in total. The van der Waals surface area contributed by atoms with Crippen molar-refractivity contribution in [2.45, 2.75) is 39.5 Å². The number of nitrogens with one attached hydrogen (secondary N) is 2. The van der Waals surface area contributed by atoms with Crippen LogP contribution < -0.4 is 16.4 Å². The molecule has 23 heavy (non-hydrogen) atoms. The first-order valence-corrected chi connectivity index (χ1v) is 7.38. The minimum Gasteiger partial charge on any atom is -0.445 e. The third-order valence-electron chi connectivity index (χ3n) is 3.22. The highest BCUT2D eigenvalue weighted by Crippen LogP contribution is 2.05. The lowest BCUT2D eigenvalue weighted by Crippen LogP contribution is -2.54. The molecule has 0 aliphatic rings. The molecule has 4 N–H and O–H groups in total. The number of nitrogens with two attached hydrogens (primary N) is 1. The van der Waals surface area contributed by atoms with Gasteiger partial charge >= 0.3 is 6.09 Å². The molecule has 0 aliphatic carbocycles. The molecule has 0 bridgehead atoms. The van der Waals surface area contributed by atoms with Crippen LogP contribution in [0, 0.1) is 5.92 Å². The zero-order chi connectivity index (χ0) is 17.4. The number of carbonyl (C=O) groups is 3. The van der Waals surface area contributed by atoms with Crippen molar-refractivity contribution in [3.63, 3.8) is 0 Å². The molecule has 0 saturated carbocycles. The van der Waals surface area contributed by atoms with Gasteiger partial charge in [-0.15, -0.1) is 0 Å². The second-order valence-electron chi connectivity index (χ2n) is 5.56. The first-order chi connectivity index (χ1) is 10.8. The molecule has 1 rings (SSSR count). The molecule has 0 spiro atoms. The zero-order valence-electron chi connectivity index (χ0n) is 13.5. The lowest BCUT2D eigenvalue weighted by molar-refractivity contribution is -0.128. The highest BCUT2D eigenvalue weighted by molar-refractivity contribution is 5.90. The van der Waals surface area contributed by atoms with E-state index in [4.69, 9.17) is 10.5 Å². The maximum Gasteiger partial charge on any atom is 0.408 e. The van der Waals surface area contributed by atoms with Gasteiger partial charge in [0.1, 0.15) is 18.7 Å². The molecule has 0 saturated heterocycles. The number of rotatable bonds is 7. The fourth-order valence-electron chi connectivity index (χ4n) is 1.80. The van der Waals surface area contributed by atoms with Crippen molar-refractivity contribution < 1.29 is 19.1 Å². The normalized spacial score (nSPS) is 13.0. The molecule has 7 heteroatoms. The van der Waals surface area contributed by atoms with Crippen LogP contribution in [0.2, 0.25) is 0 Å². The van der Waals surface area contributed by atoms with Crippen LogP contribution in [-0.4, -0.2) is 30.0 Å². The van der Waals surface area contributed by atoms with E-state index in [0.717, 1.165) is 5.56 Å². The van der Waals surface area contributed by atoms with Gasteiger partial charge in [-0.3, -0.25) is 9.59 Å². The minimum absolute atomic E-state index is 0.108. The van der Waals surface area contributed by atoms with Crippen LogP contribution in [0.1, 0.15) is 26.3 Å². The summed E-state index contributed by atoms with van der Waals surface area (Å²) in [5.41, 5.74) is 5.95. The molecular formula is C16H23N3O4. The van der Waals surface area contributed by atoms with Gasteiger partial charge in [0, 0.05) is 0 Å². The van der Waals surface area contributed by atoms with E-state index in [2.05, 4.69) is 10.6 Å². The van der Waals surface area contributed by atoms with Crippen molar-refractivity contribution in [1.29, 1.82) is 0 Å². The van der Waals surface area contributed by atoms with E-state index in [9.17, 15) is 14.4 Å². The average Bonchev–Trinajstić information content (AvgIpc) is 2.51. The van der Waals surface area contributed by atoms with Gasteiger partial charge in [-0.05, 0) is 18.4 Å². The van der Waals surface area contributed by atoms with Crippen molar-refractivity contribution >= 4 is 17.9 Å². The smallest absolute Gasteiger partial charge is 0.408 e. The Labute approximate surface area is 135 Å². The molecule has 0 unspecified atom stereocenters. The largest absolute Gasteiger partial charge is 0.445 e. The molecule has 0 heterocycles. The van der Waals surface area contributed by atoms with Gasteiger partial charge in [0.05, 0.1) is 0 Å². The highest BCUT2D eigenvalue weighted by Gasteiger charge is 2.26. The summed E-state index contributed by atoms with van der Waals surface area (Å²) in [6, 6.07) is 7.56. The second kappa shape index (κ2) is 8.77. The Morgan fingerprint density at radius 3 is 2.22 bits per heavy atom. The average molecular weight is 321 g/mol. The summed E-state index contributed by atoms with van der Waals surface area (Å²) in [7, 11) is 0. The number of hydrogen-bond acceptors (Lipinski definition) is 4. The number of alkyl carbamates (subject to hydrolysis) is 1. The van der Waals surface area contributed by atoms with Crippen molar-refractivity contribution in [3.8, 4) is 0 Å². The molecule has 0 radical (unpaired) electrons. The van der Waals surface area contributed by atoms with Crippen LogP contribution in [0.4, 0.5) is 4.79 Å². The molecule has 0 fully saturated rings. The molecule has 126 valence electrons.